The molecule has 0 saturated heterocycles. The zero-order valence-corrected chi connectivity index (χ0v) is 12.6. The van der Waals surface area contributed by atoms with Gasteiger partial charge in [0.25, 0.3) is 11.8 Å². The first-order valence-electron chi connectivity index (χ1n) is 7.17. The minimum Gasteiger partial charge on any atom is -0.363 e. The largest absolute Gasteiger partial charge is 0.363 e. The van der Waals surface area contributed by atoms with Crippen LogP contribution in [0, 0.1) is 6.92 Å². The van der Waals surface area contributed by atoms with Gasteiger partial charge in [-0.2, -0.15) is 0 Å². The number of nitrogens with zero attached hydrogens (tertiary/aromatic N) is 1. The fourth-order valence-electron chi connectivity index (χ4n) is 2.32. The number of hydrogen-bond acceptors (Lipinski definition) is 3. The van der Waals surface area contributed by atoms with Crippen LogP contribution >= 0.6 is 0 Å². The molecule has 0 aliphatic carbocycles. The van der Waals surface area contributed by atoms with E-state index < -0.39 is 5.91 Å². The second-order valence-corrected chi connectivity index (χ2v) is 5.32. The van der Waals surface area contributed by atoms with Crippen LogP contribution in [0.5, 0.6) is 0 Å². The van der Waals surface area contributed by atoms with E-state index >= 15 is 0 Å². The zero-order valence-electron chi connectivity index (χ0n) is 12.6. The topological polar surface area (TPSA) is 101 Å². The van der Waals surface area contributed by atoms with Gasteiger partial charge in [-0.1, -0.05) is 35.9 Å². The van der Waals surface area contributed by atoms with E-state index in [0.29, 0.717) is 23.1 Å². The Morgan fingerprint density at radius 2 is 1.91 bits per heavy atom. The molecule has 23 heavy (non-hydrogen) atoms. The van der Waals surface area contributed by atoms with Crippen molar-refractivity contribution in [2.75, 3.05) is 0 Å². The highest BCUT2D eigenvalue weighted by Crippen LogP contribution is 2.16. The van der Waals surface area contributed by atoms with Gasteiger partial charge in [0, 0.05) is 6.54 Å². The van der Waals surface area contributed by atoms with Crippen molar-refractivity contribution in [3.63, 3.8) is 0 Å². The number of aromatic nitrogens is 2. The Bertz CT molecular complexity index is 881. The lowest BCUT2D eigenvalue weighted by atomic mass is 10.1. The van der Waals surface area contributed by atoms with Crippen LogP contribution in [0.4, 0.5) is 0 Å². The minimum absolute atomic E-state index is 0.0405. The molecule has 0 spiro atoms. The molecule has 0 saturated carbocycles. The summed E-state index contributed by atoms with van der Waals surface area (Å²) in [7, 11) is 0. The quantitative estimate of drug-likeness (QED) is 0.686. The summed E-state index contributed by atoms with van der Waals surface area (Å²) in [6.45, 7) is 2.43. The Morgan fingerprint density at radius 3 is 2.61 bits per heavy atom. The number of fused-ring (bicyclic) bond motifs is 1. The van der Waals surface area contributed by atoms with Crippen molar-refractivity contribution in [3.8, 4) is 0 Å². The van der Waals surface area contributed by atoms with Gasteiger partial charge in [-0.3, -0.25) is 9.59 Å². The van der Waals surface area contributed by atoms with E-state index in [4.69, 9.17) is 5.73 Å². The van der Waals surface area contributed by atoms with Crippen LogP contribution in [0.2, 0.25) is 0 Å². The predicted molar refractivity (Wildman–Crippen MR) is 87.0 cm³/mol. The van der Waals surface area contributed by atoms with Crippen LogP contribution in [-0.4, -0.2) is 21.8 Å². The molecule has 0 atom stereocenters. The molecule has 0 unspecified atom stereocenters. The smallest absolute Gasteiger partial charge is 0.284 e. The second-order valence-electron chi connectivity index (χ2n) is 5.32. The minimum atomic E-state index is -0.660. The Hall–Kier alpha value is -3.15. The number of amides is 2. The molecule has 0 radical (unpaired) electrons. The maximum absolute atomic E-state index is 12.4. The normalized spacial score (nSPS) is 10.7. The van der Waals surface area contributed by atoms with Gasteiger partial charge in [0.1, 0.15) is 5.52 Å². The van der Waals surface area contributed by atoms with E-state index in [9.17, 15) is 9.59 Å². The van der Waals surface area contributed by atoms with E-state index in [1.54, 1.807) is 18.2 Å². The summed E-state index contributed by atoms with van der Waals surface area (Å²) in [5.41, 5.74) is 8.83. The summed E-state index contributed by atoms with van der Waals surface area (Å²) in [6, 6.07) is 13.1. The summed E-state index contributed by atoms with van der Waals surface area (Å²) in [5, 5.41) is 2.86. The van der Waals surface area contributed by atoms with Crippen molar-refractivity contribution in [3.05, 3.63) is 65.0 Å². The van der Waals surface area contributed by atoms with Crippen LogP contribution in [-0.2, 0) is 6.54 Å². The molecule has 0 fully saturated rings. The molecule has 116 valence electrons. The van der Waals surface area contributed by atoms with Crippen molar-refractivity contribution in [2.24, 2.45) is 5.73 Å². The van der Waals surface area contributed by atoms with Gasteiger partial charge in [-0.25, -0.2) is 4.98 Å². The Kier molecular flexibility index (Phi) is 3.80. The number of imidazole rings is 1. The van der Waals surface area contributed by atoms with Crippen LogP contribution in [0.3, 0.4) is 0 Å². The molecule has 2 amide bonds. The van der Waals surface area contributed by atoms with E-state index in [2.05, 4.69) is 15.3 Å². The molecule has 1 heterocycles. The highest BCUT2D eigenvalue weighted by molar-refractivity contribution is 6.06. The molecule has 3 rings (SSSR count). The van der Waals surface area contributed by atoms with Gasteiger partial charge in [-0.15, -0.1) is 0 Å². The lowest BCUT2D eigenvalue weighted by Crippen LogP contribution is -2.23. The summed E-state index contributed by atoms with van der Waals surface area (Å²) < 4.78 is 0. The van der Waals surface area contributed by atoms with Crippen LogP contribution in [0.15, 0.2) is 42.5 Å². The van der Waals surface area contributed by atoms with Crippen molar-refractivity contribution >= 4 is 22.8 Å². The first-order valence-corrected chi connectivity index (χ1v) is 7.17. The standard InChI is InChI=1S/C17H16N4O2/c1-10-5-7-11(8-6-10)9-19-17(23)12-3-2-4-13-14(12)21-16(20-13)15(18)22/h2-8H,9H2,1H3,(H2,18,22)(H,19,23)(H,20,21). The number of primary amides is 1. The molecule has 0 aliphatic rings. The molecular formula is C17H16N4O2. The SMILES string of the molecule is Cc1ccc(CNC(=O)c2cccc3[nH]c(C(N)=O)nc23)cc1. The number of carbonyl (C=O) groups is 2. The molecule has 0 bridgehead atoms. The number of benzene rings is 2. The number of nitrogens with one attached hydrogen (secondary N) is 2. The third kappa shape index (κ3) is 3.06. The fraction of sp³-hybridized carbons (Fsp3) is 0.118. The number of H-pyrrole nitrogens is 1. The highest BCUT2D eigenvalue weighted by atomic mass is 16.2. The van der Waals surface area contributed by atoms with Crippen molar-refractivity contribution in [1.82, 2.24) is 15.3 Å². The number of carbonyl (C=O) groups excluding carboxylic acids is 2. The first kappa shape index (κ1) is 14.8. The van der Waals surface area contributed by atoms with Gasteiger partial charge in [0.05, 0.1) is 11.1 Å². The van der Waals surface area contributed by atoms with Crippen LogP contribution < -0.4 is 11.1 Å². The third-order valence-corrected chi connectivity index (χ3v) is 3.56. The van der Waals surface area contributed by atoms with E-state index in [1.165, 1.54) is 5.56 Å². The molecule has 0 aliphatic heterocycles. The first-order chi connectivity index (χ1) is 11.0. The Labute approximate surface area is 132 Å². The number of hydrogen-bond donors (Lipinski definition) is 3. The molecule has 4 N–H and O–H groups in total. The average Bonchev–Trinajstić information content (AvgIpc) is 2.98. The highest BCUT2D eigenvalue weighted by Gasteiger charge is 2.15. The number of nitrogens with two attached hydrogens (primary N) is 1. The summed E-state index contributed by atoms with van der Waals surface area (Å²) in [4.78, 5) is 30.5. The van der Waals surface area contributed by atoms with Gasteiger partial charge in [0.15, 0.2) is 5.82 Å². The Morgan fingerprint density at radius 1 is 1.17 bits per heavy atom. The Balaban J connectivity index is 1.83. The summed E-state index contributed by atoms with van der Waals surface area (Å²) in [6.07, 6.45) is 0. The lowest BCUT2D eigenvalue weighted by molar-refractivity contribution is 0.0950. The van der Waals surface area contributed by atoms with Gasteiger partial charge in [-0.05, 0) is 24.6 Å². The zero-order chi connectivity index (χ0) is 16.4. The number of aromatic amines is 1. The predicted octanol–water partition coefficient (Wildman–Crippen LogP) is 1.90. The van der Waals surface area contributed by atoms with Crippen molar-refractivity contribution < 1.29 is 9.59 Å². The van der Waals surface area contributed by atoms with Gasteiger partial charge < -0.3 is 16.0 Å². The second kappa shape index (κ2) is 5.92. The van der Waals surface area contributed by atoms with Gasteiger partial charge >= 0.3 is 0 Å². The molecule has 6 heteroatoms. The maximum atomic E-state index is 12.4. The molecule has 3 aromatic rings. The monoisotopic (exact) mass is 308 g/mol. The molecule has 6 nitrogen and oxygen atoms in total. The van der Waals surface area contributed by atoms with Crippen molar-refractivity contribution in [2.45, 2.75) is 13.5 Å². The lowest BCUT2D eigenvalue weighted by Gasteiger charge is -2.06. The van der Waals surface area contributed by atoms with E-state index in [0.717, 1.165) is 5.56 Å². The summed E-state index contributed by atoms with van der Waals surface area (Å²) >= 11 is 0. The fourth-order valence-corrected chi connectivity index (χ4v) is 2.32. The van der Waals surface area contributed by atoms with E-state index in [-0.39, 0.29) is 11.7 Å². The number of aryl methyl sites for hydroxylation is 1. The molecule has 1 aromatic heterocycles. The van der Waals surface area contributed by atoms with Crippen molar-refractivity contribution in [1.29, 1.82) is 0 Å². The summed E-state index contributed by atoms with van der Waals surface area (Å²) in [5.74, 6) is -0.871. The number of rotatable bonds is 4. The van der Waals surface area contributed by atoms with Crippen LogP contribution in [0.25, 0.3) is 11.0 Å². The molecule has 2 aromatic carbocycles. The van der Waals surface area contributed by atoms with E-state index in [1.807, 2.05) is 31.2 Å². The van der Waals surface area contributed by atoms with Gasteiger partial charge in [0.2, 0.25) is 0 Å². The van der Waals surface area contributed by atoms with Crippen LogP contribution in [0.1, 0.15) is 32.1 Å². The average molecular weight is 308 g/mol. The maximum Gasteiger partial charge on any atom is 0.284 e. The molecular weight excluding hydrogens is 292 g/mol. The number of para-hydroxylation sites is 1. The third-order valence-electron chi connectivity index (χ3n) is 3.56.